The van der Waals surface area contributed by atoms with E-state index < -0.39 is 29.9 Å². The van der Waals surface area contributed by atoms with Gasteiger partial charge in [-0.05, 0) is 49.1 Å². The minimum absolute atomic E-state index is 0.175. The SMILES string of the molecule is CC1CCC2(CC1)N[C@@H]([C@H](O)[C@H](Cc1ccccc1)NC(=O)O)C(=O)N2Cc1ccccc1. The highest BCUT2D eigenvalue weighted by Crippen LogP contribution is 2.40. The molecular formula is C26H33N3O4. The van der Waals surface area contributed by atoms with E-state index in [-0.39, 0.29) is 5.91 Å². The molecule has 1 aliphatic heterocycles. The monoisotopic (exact) mass is 451 g/mol. The van der Waals surface area contributed by atoms with E-state index in [2.05, 4.69) is 17.6 Å². The molecule has 1 heterocycles. The summed E-state index contributed by atoms with van der Waals surface area (Å²) in [7, 11) is 0. The van der Waals surface area contributed by atoms with Crippen LogP contribution in [0, 0.1) is 5.92 Å². The molecule has 2 aliphatic rings. The molecule has 4 N–H and O–H groups in total. The van der Waals surface area contributed by atoms with Gasteiger partial charge in [0, 0.05) is 6.54 Å². The van der Waals surface area contributed by atoms with Gasteiger partial charge >= 0.3 is 6.09 Å². The highest BCUT2D eigenvalue weighted by Gasteiger charge is 2.54. The summed E-state index contributed by atoms with van der Waals surface area (Å²) in [6.07, 6.45) is 1.48. The van der Waals surface area contributed by atoms with Crippen molar-refractivity contribution in [2.45, 2.75) is 69.4 Å². The Morgan fingerprint density at radius 2 is 1.67 bits per heavy atom. The molecule has 33 heavy (non-hydrogen) atoms. The van der Waals surface area contributed by atoms with Crippen molar-refractivity contribution in [1.29, 1.82) is 0 Å². The fraction of sp³-hybridized carbons (Fsp3) is 0.462. The molecule has 4 rings (SSSR count). The molecule has 176 valence electrons. The van der Waals surface area contributed by atoms with Gasteiger partial charge in [-0.1, -0.05) is 67.6 Å². The average molecular weight is 452 g/mol. The number of hydrogen-bond acceptors (Lipinski definition) is 4. The zero-order valence-corrected chi connectivity index (χ0v) is 19.0. The first-order valence-electron chi connectivity index (χ1n) is 11.7. The van der Waals surface area contributed by atoms with Gasteiger partial charge in [0.05, 0.1) is 17.8 Å². The number of aliphatic hydroxyl groups excluding tert-OH is 1. The summed E-state index contributed by atoms with van der Waals surface area (Å²) < 4.78 is 0. The van der Waals surface area contributed by atoms with Crippen molar-refractivity contribution < 1.29 is 19.8 Å². The lowest BCUT2D eigenvalue weighted by Gasteiger charge is -2.43. The maximum Gasteiger partial charge on any atom is 0.404 e. The van der Waals surface area contributed by atoms with Gasteiger partial charge in [-0.2, -0.15) is 0 Å². The number of rotatable bonds is 7. The van der Waals surface area contributed by atoms with Gasteiger partial charge in [-0.3, -0.25) is 10.1 Å². The minimum Gasteiger partial charge on any atom is -0.465 e. The Balaban J connectivity index is 1.60. The number of aliphatic hydroxyl groups is 1. The van der Waals surface area contributed by atoms with E-state index in [4.69, 9.17) is 0 Å². The first kappa shape index (κ1) is 23.3. The lowest BCUT2D eigenvalue weighted by atomic mass is 9.82. The molecule has 2 aromatic rings. The molecule has 2 aromatic carbocycles. The van der Waals surface area contributed by atoms with E-state index in [9.17, 15) is 19.8 Å². The number of benzene rings is 2. The highest BCUT2D eigenvalue weighted by molar-refractivity contribution is 5.86. The third-order valence-corrected chi connectivity index (χ3v) is 7.12. The van der Waals surface area contributed by atoms with Gasteiger partial charge in [-0.15, -0.1) is 0 Å². The predicted molar refractivity (Wildman–Crippen MR) is 125 cm³/mol. The van der Waals surface area contributed by atoms with Crippen molar-refractivity contribution in [3.63, 3.8) is 0 Å². The zero-order chi connectivity index (χ0) is 23.4. The van der Waals surface area contributed by atoms with Crippen molar-refractivity contribution in [1.82, 2.24) is 15.5 Å². The Hall–Kier alpha value is -2.90. The highest BCUT2D eigenvalue weighted by atomic mass is 16.4. The molecule has 1 aliphatic carbocycles. The number of carbonyl (C=O) groups is 2. The third-order valence-electron chi connectivity index (χ3n) is 7.12. The van der Waals surface area contributed by atoms with E-state index in [1.807, 2.05) is 65.6 Å². The summed E-state index contributed by atoms with van der Waals surface area (Å²) >= 11 is 0. The first-order chi connectivity index (χ1) is 15.9. The van der Waals surface area contributed by atoms with Crippen LogP contribution in [0.4, 0.5) is 4.79 Å². The van der Waals surface area contributed by atoms with Crippen molar-refractivity contribution in [3.05, 3.63) is 71.8 Å². The fourth-order valence-corrected chi connectivity index (χ4v) is 5.20. The largest absolute Gasteiger partial charge is 0.465 e. The maximum absolute atomic E-state index is 13.7. The number of nitrogens with zero attached hydrogens (tertiary/aromatic N) is 1. The first-order valence-corrected chi connectivity index (χ1v) is 11.7. The van der Waals surface area contributed by atoms with Crippen LogP contribution in [0.3, 0.4) is 0 Å². The molecule has 3 atom stereocenters. The Morgan fingerprint density at radius 1 is 1.09 bits per heavy atom. The lowest BCUT2D eigenvalue weighted by Crippen LogP contribution is -2.57. The van der Waals surface area contributed by atoms with Crippen LogP contribution in [-0.2, 0) is 17.8 Å². The topological polar surface area (TPSA) is 102 Å². The lowest BCUT2D eigenvalue weighted by molar-refractivity contribution is -0.135. The predicted octanol–water partition coefficient (Wildman–Crippen LogP) is 3.13. The Labute approximate surface area is 194 Å². The molecule has 1 spiro atoms. The van der Waals surface area contributed by atoms with E-state index in [0.29, 0.717) is 18.9 Å². The van der Waals surface area contributed by atoms with Crippen molar-refractivity contribution in [2.75, 3.05) is 0 Å². The summed E-state index contributed by atoms with van der Waals surface area (Å²) in [5, 5.41) is 26.6. The molecule has 0 unspecified atom stereocenters. The molecule has 0 bridgehead atoms. The number of hydrogen-bond donors (Lipinski definition) is 4. The van der Waals surface area contributed by atoms with E-state index in [0.717, 1.165) is 36.8 Å². The fourth-order valence-electron chi connectivity index (χ4n) is 5.20. The molecular weight excluding hydrogens is 418 g/mol. The summed E-state index contributed by atoms with van der Waals surface area (Å²) in [6, 6.07) is 17.6. The summed E-state index contributed by atoms with van der Waals surface area (Å²) in [4.78, 5) is 27.1. The second-order valence-electron chi connectivity index (χ2n) is 9.48. The van der Waals surface area contributed by atoms with Crippen LogP contribution >= 0.6 is 0 Å². The Kier molecular flexibility index (Phi) is 7.00. The molecule has 0 aromatic heterocycles. The quantitative estimate of drug-likeness (QED) is 0.518. The van der Waals surface area contributed by atoms with Gasteiger partial charge in [0.2, 0.25) is 5.91 Å². The zero-order valence-electron chi connectivity index (χ0n) is 19.0. The number of amides is 2. The van der Waals surface area contributed by atoms with Gasteiger partial charge in [0.1, 0.15) is 6.04 Å². The summed E-state index contributed by atoms with van der Waals surface area (Å²) in [6.45, 7) is 2.68. The van der Waals surface area contributed by atoms with Crippen LogP contribution in [0.5, 0.6) is 0 Å². The Morgan fingerprint density at radius 3 is 2.24 bits per heavy atom. The van der Waals surface area contributed by atoms with Crippen LogP contribution in [0.1, 0.15) is 43.7 Å². The van der Waals surface area contributed by atoms with Crippen LogP contribution < -0.4 is 10.6 Å². The van der Waals surface area contributed by atoms with Gasteiger partial charge in [0.25, 0.3) is 0 Å². The standard InChI is InChI=1S/C26H33N3O4/c1-18-12-14-26(15-13-18)28-22(24(31)29(26)17-20-10-6-3-7-11-20)23(30)21(27-25(32)33)16-19-8-4-2-5-9-19/h2-11,18,21-23,27-28,30H,12-17H2,1H3,(H,32,33)/t18?,21-,22-,23+,26?/m0/s1. The van der Waals surface area contributed by atoms with Crippen LogP contribution in [0.2, 0.25) is 0 Å². The van der Waals surface area contributed by atoms with Crippen molar-refractivity contribution in [2.24, 2.45) is 5.92 Å². The molecule has 7 nitrogen and oxygen atoms in total. The number of carbonyl (C=O) groups excluding carboxylic acids is 1. The molecule has 2 amide bonds. The second kappa shape index (κ2) is 9.93. The normalized spacial score (nSPS) is 26.8. The average Bonchev–Trinajstić information content (AvgIpc) is 3.07. The van der Waals surface area contributed by atoms with Crippen LogP contribution in [0.25, 0.3) is 0 Å². The molecule has 2 fully saturated rings. The number of nitrogens with one attached hydrogen (secondary N) is 2. The molecule has 1 saturated carbocycles. The maximum atomic E-state index is 13.7. The number of carboxylic acid groups (broad SMARTS) is 1. The van der Waals surface area contributed by atoms with Crippen LogP contribution in [-0.4, -0.2) is 51.0 Å². The van der Waals surface area contributed by atoms with Crippen molar-refractivity contribution in [3.8, 4) is 0 Å². The molecule has 7 heteroatoms. The second-order valence-corrected chi connectivity index (χ2v) is 9.48. The third kappa shape index (κ3) is 5.20. The van der Waals surface area contributed by atoms with Gasteiger partial charge in [0.15, 0.2) is 0 Å². The molecule has 1 saturated heterocycles. The van der Waals surface area contributed by atoms with E-state index in [1.165, 1.54) is 0 Å². The van der Waals surface area contributed by atoms with Crippen molar-refractivity contribution >= 4 is 12.0 Å². The summed E-state index contributed by atoms with van der Waals surface area (Å²) in [5.74, 6) is 0.417. The van der Waals surface area contributed by atoms with Gasteiger partial charge < -0.3 is 20.4 Å². The van der Waals surface area contributed by atoms with E-state index in [1.54, 1.807) is 0 Å². The smallest absolute Gasteiger partial charge is 0.404 e. The van der Waals surface area contributed by atoms with Gasteiger partial charge in [-0.25, -0.2) is 4.79 Å². The van der Waals surface area contributed by atoms with E-state index >= 15 is 0 Å². The Bertz CT molecular complexity index is 945. The summed E-state index contributed by atoms with van der Waals surface area (Å²) in [5.41, 5.74) is 1.40. The minimum atomic E-state index is -1.22. The molecule has 0 radical (unpaired) electrons. The van der Waals surface area contributed by atoms with Crippen LogP contribution in [0.15, 0.2) is 60.7 Å².